The first-order valence-corrected chi connectivity index (χ1v) is 9.30. The second-order valence-electron chi connectivity index (χ2n) is 6.79. The first-order chi connectivity index (χ1) is 13.4. The molecule has 0 aliphatic carbocycles. The molecule has 0 aliphatic heterocycles. The Labute approximate surface area is 159 Å². The van der Waals surface area contributed by atoms with Crippen LogP contribution >= 0.6 is 0 Å². The van der Waals surface area contributed by atoms with E-state index in [1.807, 2.05) is 0 Å². The molecule has 0 saturated carbocycles. The smallest absolute Gasteiger partial charge is 0.0607 e. The van der Waals surface area contributed by atoms with Crippen LogP contribution in [-0.2, 0) is 0 Å². The van der Waals surface area contributed by atoms with Gasteiger partial charge in [0.25, 0.3) is 0 Å². The zero-order chi connectivity index (χ0) is 18.1. The van der Waals surface area contributed by atoms with Crippen LogP contribution in [0.3, 0.4) is 0 Å². The fourth-order valence-corrected chi connectivity index (χ4v) is 3.95. The topological polar surface area (TPSA) is 0 Å². The lowest BCUT2D eigenvalue weighted by Gasteiger charge is -2.17. The lowest BCUT2D eigenvalue weighted by molar-refractivity contribution is 1.26. The first kappa shape index (κ1) is 15.7. The summed E-state index contributed by atoms with van der Waals surface area (Å²) in [7, 11) is 0. The summed E-state index contributed by atoms with van der Waals surface area (Å²) >= 11 is 0. The summed E-state index contributed by atoms with van der Waals surface area (Å²) in [6, 6.07) is 41.2. The molecule has 0 heterocycles. The van der Waals surface area contributed by atoms with Crippen LogP contribution < -0.4 is 0 Å². The van der Waals surface area contributed by atoms with Gasteiger partial charge in [-0.3, -0.25) is 0 Å². The molecule has 0 aromatic heterocycles. The normalized spacial score (nSPS) is 11.0. The fraction of sp³-hybridized carbons (Fsp3) is 0. The van der Waals surface area contributed by atoms with Gasteiger partial charge in [0, 0.05) is 21.5 Å². The van der Waals surface area contributed by atoms with Gasteiger partial charge >= 0.3 is 0 Å². The molecule has 0 spiro atoms. The summed E-state index contributed by atoms with van der Waals surface area (Å²) in [5.41, 5.74) is 3.79. The van der Waals surface area contributed by atoms with E-state index in [1.54, 1.807) is 0 Å². The van der Waals surface area contributed by atoms with E-state index in [2.05, 4.69) is 115 Å². The highest BCUT2D eigenvalue weighted by atomic mass is 14.2. The Hall–Kier alpha value is -3.51. The third-order valence-electron chi connectivity index (χ3n) is 5.18. The summed E-state index contributed by atoms with van der Waals surface area (Å²) in [5.74, 6) is 1.28. The van der Waals surface area contributed by atoms with E-state index in [-0.39, 0.29) is 0 Å². The van der Waals surface area contributed by atoms with E-state index >= 15 is 0 Å². The SMILES string of the molecule is c1ccc([C+](c2cccc3ccccc23)c2cccc3ccccc23)cc1. The predicted octanol–water partition coefficient (Wildman–Crippen LogP) is 7.01. The summed E-state index contributed by atoms with van der Waals surface area (Å²) in [4.78, 5) is 0. The third-order valence-corrected chi connectivity index (χ3v) is 5.18. The molecule has 5 rings (SSSR count). The van der Waals surface area contributed by atoms with Crippen LogP contribution in [0.25, 0.3) is 21.5 Å². The maximum atomic E-state index is 2.24. The van der Waals surface area contributed by atoms with Crippen molar-refractivity contribution in [3.8, 4) is 0 Å². The Morgan fingerprint density at radius 2 is 0.815 bits per heavy atom. The molecule has 0 nitrogen and oxygen atoms in total. The molecule has 0 fully saturated rings. The van der Waals surface area contributed by atoms with Gasteiger partial charge in [0.05, 0.1) is 22.6 Å². The van der Waals surface area contributed by atoms with E-state index in [1.165, 1.54) is 44.2 Å². The number of hydrogen-bond acceptors (Lipinski definition) is 0. The van der Waals surface area contributed by atoms with Crippen molar-refractivity contribution in [1.29, 1.82) is 0 Å². The maximum Gasteiger partial charge on any atom is 0.0644 e. The summed E-state index contributed by atoms with van der Waals surface area (Å²) in [5, 5.41) is 5.10. The van der Waals surface area contributed by atoms with E-state index in [4.69, 9.17) is 0 Å². The van der Waals surface area contributed by atoms with Crippen molar-refractivity contribution in [2.75, 3.05) is 0 Å². The fourth-order valence-electron chi connectivity index (χ4n) is 3.95. The van der Waals surface area contributed by atoms with Crippen LogP contribution in [0, 0.1) is 5.92 Å². The highest BCUT2D eigenvalue weighted by Crippen LogP contribution is 2.38. The molecule has 5 aromatic carbocycles. The van der Waals surface area contributed by atoms with Crippen LogP contribution in [0.2, 0.25) is 0 Å². The molecular weight excluding hydrogens is 324 g/mol. The molecule has 0 saturated heterocycles. The van der Waals surface area contributed by atoms with Gasteiger partial charge in [-0.25, -0.2) is 0 Å². The zero-order valence-corrected chi connectivity index (χ0v) is 15.0. The van der Waals surface area contributed by atoms with Gasteiger partial charge in [0.15, 0.2) is 0 Å². The number of fused-ring (bicyclic) bond motifs is 2. The Balaban J connectivity index is 1.85. The quantitative estimate of drug-likeness (QED) is 0.244. The van der Waals surface area contributed by atoms with Crippen molar-refractivity contribution in [2.45, 2.75) is 0 Å². The van der Waals surface area contributed by atoms with E-state index in [0.29, 0.717) is 0 Å². The molecule has 27 heavy (non-hydrogen) atoms. The van der Waals surface area contributed by atoms with Crippen LogP contribution in [0.15, 0.2) is 115 Å². The summed E-state index contributed by atoms with van der Waals surface area (Å²) < 4.78 is 0. The van der Waals surface area contributed by atoms with Crippen LogP contribution in [0.4, 0.5) is 0 Å². The molecule has 0 amide bonds. The van der Waals surface area contributed by atoms with Gasteiger partial charge < -0.3 is 0 Å². The van der Waals surface area contributed by atoms with E-state index in [0.717, 1.165) is 0 Å². The highest BCUT2D eigenvalue weighted by Gasteiger charge is 2.26. The number of rotatable bonds is 3. The number of hydrogen-bond donors (Lipinski definition) is 0. The molecule has 0 N–H and O–H groups in total. The van der Waals surface area contributed by atoms with Crippen LogP contribution in [0.5, 0.6) is 0 Å². The molecular formula is C27H19+. The molecule has 0 heteroatoms. The van der Waals surface area contributed by atoms with E-state index < -0.39 is 0 Å². The predicted molar refractivity (Wildman–Crippen MR) is 115 cm³/mol. The minimum atomic E-state index is 1.24. The third kappa shape index (κ3) is 2.76. The van der Waals surface area contributed by atoms with Crippen molar-refractivity contribution in [2.24, 2.45) is 0 Å². The van der Waals surface area contributed by atoms with Gasteiger partial charge in [0.1, 0.15) is 0 Å². The molecule has 0 bridgehead atoms. The Morgan fingerprint density at radius 3 is 1.37 bits per heavy atom. The van der Waals surface area contributed by atoms with Crippen molar-refractivity contribution in [3.05, 3.63) is 138 Å². The monoisotopic (exact) mass is 343 g/mol. The summed E-state index contributed by atoms with van der Waals surface area (Å²) in [6.07, 6.45) is 0. The minimum absolute atomic E-state index is 1.24. The lowest BCUT2D eigenvalue weighted by Crippen LogP contribution is -2.06. The standard InChI is InChI=1S/C27H19/c1-2-12-22(13-3-1)27(25-18-8-14-20-10-4-6-16-23(20)25)26-19-9-15-21-11-5-7-17-24(21)26/h1-19H/q+1. The average molecular weight is 343 g/mol. The molecule has 5 aromatic rings. The van der Waals surface area contributed by atoms with Crippen molar-refractivity contribution in [3.63, 3.8) is 0 Å². The van der Waals surface area contributed by atoms with Crippen LogP contribution in [-0.4, -0.2) is 0 Å². The lowest BCUT2D eigenvalue weighted by atomic mass is 9.81. The maximum absolute atomic E-state index is 2.24. The second-order valence-corrected chi connectivity index (χ2v) is 6.79. The van der Waals surface area contributed by atoms with E-state index in [9.17, 15) is 0 Å². The summed E-state index contributed by atoms with van der Waals surface area (Å²) in [6.45, 7) is 0. The minimum Gasteiger partial charge on any atom is -0.0607 e. The average Bonchev–Trinajstić information content (AvgIpc) is 2.75. The largest absolute Gasteiger partial charge is 0.0644 e. The van der Waals surface area contributed by atoms with Gasteiger partial charge in [-0.05, 0) is 84.9 Å². The number of benzene rings is 5. The molecule has 0 radical (unpaired) electrons. The van der Waals surface area contributed by atoms with Gasteiger partial charge in [-0.1, -0.05) is 30.3 Å². The molecule has 126 valence electrons. The van der Waals surface area contributed by atoms with Gasteiger partial charge in [0.2, 0.25) is 0 Å². The molecule has 0 atom stereocenters. The van der Waals surface area contributed by atoms with Crippen molar-refractivity contribution in [1.82, 2.24) is 0 Å². The first-order valence-electron chi connectivity index (χ1n) is 9.30. The Bertz CT molecular complexity index is 1130. The Kier molecular flexibility index (Phi) is 3.88. The van der Waals surface area contributed by atoms with Gasteiger partial charge in [-0.15, -0.1) is 0 Å². The van der Waals surface area contributed by atoms with Crippen molar-refractivity contribution >= 4 is 21.5 Å². The highest BCUT2D eigenvalue weighted by molar-refractivity contribution is 5.94. The Morgan fingerprint density at radius 1 is 0.370 bits per heavy atom. The second kappa shape index (κ2) is 6.66. The molecule has 0 aliphatic rings. The zero-order valence-electron chi connectivity index (χ0n) is 15.0. The molecule has 0 unspecified atom stereocenters. The van der Waals surface area contributed by atoms with Crippen molar-refractivity contribution < 1.29 is 0 Å². The van der Waals surface area contributed by atoms with Crippen LogP contribution in [0.1, 0.15) is 16.7 Å². The van der Waals surface area contributed by atoms with Gasteiger partial charge in [-0.2, -0.15) is 0 Å².